The van der Waals surface area contributed by atoms with Gasteiger partial charge in [0.2, 0.25) is 0 Å². The summed E-state index contributed by atoms with van der Waals surface area (Å²) in [6.07, 6.45) is -3.46. The van der Waals surface area contributed by atoms with Crippen LogP contribution in [0.25, 0.3) is 0 Å². The van der Waals surface area contributed by atoms with Gasteiger partial charge in [0.05, 0.1) is 23.3 Å². The molecule has 0 aromatic carbocycles. The Kier molecular flexibility index (Phi) is 9.32. The highest BCUT2D eigenvalue weighted by molar-refractivity contribution is 6.23. The van der Waals surface area contributed by atoms with E-state index in [4.69, 9.17) is 40.0 Å². The fraction of sp³-hybridized carbons (Fsp3) is 0.710. The first-order chi connectivity index (χ1) is 20.4. The fourth-order valence-electron chi connectivity index (χ4n) is 7.15. The highest BCUT2D eigenvalue weighted by atomic mass is 35.5. The smallest absolute Gasteiger partial charge is 0.312 e. The van der Waals surface area contributed by atoms with Gasteiger partial charge in [-0.2, -0.15) is 0 Å². The average Bonchev–Trinajstić information content (AvgIpc) is 3.65. The Morgan fingerprint density at radius 3 is 2.18 bits per heavy atom. The molecule has 0 aromatic rings. The molecule has 0 amide bonds. The molecular formula is C31H41ClO12. The third kappa shape index (κ3) is 5.76. The second kappa shape index (κ2) is 12.1. The highest BCUT2D eigenvalue weighted by Crippen LogP contribution is 2.63. The minimum atomic E-state index is -2.29. The van der Waals surface area contributed by atoms with E-state index >= 15 is 0 Å². The second-order valence-corrected chi connectivity index (χ2v) is 13.3. The van der Waals surface area contributed by atoms with E-state index < -0.39 is 94.2 Å². The number of carbonyl (C=O) groups excluding carboxylic acids is 5. The quantitative estimate of drug-likeness (QED) is 0.196. The molecule has 44 heavy (non-hydrogen) atoms. The molecule has 4 rings (SSSR count). The third-order valence-corrected chi connectivity index (χ3v) is 9.82. The summed E-state index contributed by atoms with van der Waals surface area (Å²) >= 11 is 6.78. The van der Waals surface area contributed by atoms with Crippen LogP contribution in [-0.4, -0.2) is 88.7 Å². The van der Waals surface area contributed by atoms with Gasteiger partial charge >= 0.3 is 29.8 Å². The summed E-state index contributed by atoms with van der Waals surface area (Å²) in [4.78, 5) is 64.0. The molecular weight excluding hydrogens is 600 g/mol. The zero-order valence-corrected chi connectivity index (χ0v) is 26.8. The first-order valence-corrected chi connectivity index (χ1v) is 15.1. The molecule has 1 N–H and O–H groups in total. The molecule has 0 radical (unpaired) electrons. The van der Waals surface area contributed by atoms with Crippen LogP contribution < -0.4 is 0 Å². The van der Waals surface area contributed by atoms with Gasteiger partial charge in [-0.05, 0) is 24.5 Å². The average molecular weight is 641 g/mol. The van der Waals surface area contributed by atoms with Crippen LogP contribution in [-0.2, 0) is 52.4 Å². The maximum atomic E-state index is 13.1. The van der Waals surface area contributed by atoms with Crippen LogP contribution in [0.1, 0.15) is 61.3 Å². The number of fused-ring (bicyclic) bond motifs is 3. The van der Waals surface area contributed by atoms with Gasteiger partial charge in [0, 0.05) is 39.5 Å². The number of esters is 5. The Morgan fingerprint density at radius 1 is 1.07 bits per heavy atom. The van der Waals surface area contributed by atoms with Crippen LogP contribution in [0.5, 0.6) is 0 Å². The van der Waals surface area contributed by atoms with Crippen LogP contribution >= 0.6 is 11.6 Å². The zero-order chi connectivity index (χ0) is 32.9. The molecule has 1 saturated carbocycles. The number of epoxide rings is 1. The van der Waals surface area contributed by atoms with Crippen molar-refractivity contribution in [3.8, 4) is 0 Å². The summed E-state index contributed by atoms with van der Waals surface area (Å²) in [5.41, 5.74) is -5.03. The molecule has 2 heterocycles. The summed E-state index contributed by atoms with van der Waals surface area (Å²) in [6, 6.07) is 0. The Hall–Kier alpha value is -2.96. The molecule has 2 aliphatic heterocycles. The van der Waals surface area contributed by atoms with E-state index in [1.165, 1.54) is 32.9 Å². The first-order valence-electron chi connectivity index (χ1n) is 14.7. The first kappa shape index (κ1) is 33.9. The molecule has 1 spiro atoms. The Morgan fingerprint density at radius 2 is 1.66 bits per heavy atom. The topological polar surface area (TPSA) is 164 Å². The van der Waals surface area contributed by atoms with Gasteiger partial charge in [-0.3, -0.25) is 24.0 Å². The Bertz CT molecular complexity index is 1260. The lowest BCUT2D eigenvalue weighted by atomic mass is 9.52. The largest absolute Gasteiger partial charge is 0.462 e. The summed E-state index contributed by atoms with van der Waals surface area (Å²) in [6.45, 7) is 14.3. The van der Waals surface area contributed by atoms with Crippen LogP contribution in [0, 0.1) is 23.2 Å². The van der Waals surface area contributed by atoms with E-state index in [0.29, 0.717) is 0 Å². The van der Waals surface area contributed by atoms with E-state index in [0.717, 1.165) is 6.92 Å². The molecule has 12 nitrogen and oxygen atoms in total. The number of halogens is 1. The van der Waals surface area contributed by atoms with E-state index in [2.05, 4.69) is 6.58 Å². The molecule has 4 aliphatic rings. The van der Waals surface area contributed by atoms with Crippen LogP contribution in [0.3, 0.4) is 0 Å². The van der Waals surface area contributed by atoms with Crippen LogP contribution in [0.2, 0.25) is 0 Å². The van der Waals surface area contributed by atoms with Crippen molar-refractivity contribution in [2.24, 2.45) is 23.2 Å². The Balaban J connectivity index is 2.06. The standard InChI is InChI=1S/C31H41ClO12/c1-14(2)11-23(36)43-22-12-21(41-18(6)34)29(8)20(40-17(5)33)10-9-15(3)24(32)26-31(38,16(4)28(37)44-26)27(42-19(7)35)25(29)30(22)13-39-30/h9-10,14,16,20-22,24-27,38H,3,11-13H2,1-2,4-8H3/b10-9-/t16-,20+,21-,22+,24-,25+,26-,27-,29-,30+,31-/m0/s1. The van der Waals surface area contributed by atoms with Gasteiger partial charge < -0.3 is 33.5 Å². The van der Waals surface area contributed by atoms with Gasteiger partial charge in [-0.1, -0.05) is 33.4 Å². The summed E-state index contributed by atoms with van der Waals surface area (Å²) < 4.78 is 35.4. The number of allylic oxidation sites excluding steroid dienone is 1. The van der Waals surface area contributed by atoms with Crippen molar-refractivity contribution in [1.29, 1.82) is 0 Å². The Labute approximate surface area is 261 Å². The van der Waals surface area contributed by atoms with Gasteiger partial charge in [-0.15, -0.1) is 11.6 Å². The number of aliphatic hydroxyl groups is 1. The molecule has 3 fully saturated rings. The predicted molar refractivity (Wildman–Crippen MR) is 153 cm³/mol. The maximum absolute atomic E-state index is 13.1. The van der Waals surface area contributed by atoms with E-state index in [9.17, 15) is 29.1 Å². The van der Waals surface area contributed by atoms with Crippen molar-refractivity contribution in [1.82, 2.24) is 0 Å². The molecule has 2 aliphatic carbocycles. The van der Waals surface area contributed by atoms with E-state index in [1.807, 2.05) is 13.8 Å². The summed E-state index contributed by atoms with van der Waals surface area (Å²) in [5, 5.41) is 11.5. The van der Waals surface area contributed by atoms with Crippen molar-refractivity contribution >= 4 is 41.4 Å². The zero-order valence-electron chi connectivity index (χ0n) is 26.0. The van der Waals surface area contributed by atoms with Gasteiger partial charge in [0.15, 0.2) is 11.7 Å². The number of carbonyl (C=O) groups is 5. The molecule has 13 heteroatoms. The van der Waals surface area contributed by atoms with Crippen molar-refractivity contribution < 1.29 is 57.5 Å². The lowest BCUT2D eigenvalue weighted by Crippen LogP contribution is -2.72. The lowest BCUT2D eigenvalue weighted by molar-refractivity contribution is -0.254. The van der Waals surface area contributed by atoms with E-state index in [1.54, 1.807) is 6.92 Å². The third-order valence-electron chi connectivity index (χ3n) is 9.31. The number of rotatable bonds is 6. The maximum Gasteiger partial charge on any atom is 0.312 e. The molecule has 2 saturated heterocycles. The van der Waals surface area contributed by atoms with Gasteiger partial charge in [0.1, 0.15) is 30.0 Å². The highest BCUT2D eigenvalue weighted by Gasteiger charge is 2.78. The number of hydrogen-bond acceptors (Lipinski definition) is 12. The van der Waals surface area contributed by atoms with Crippen molar-refractivity contribution in [2.75, 3.05) is 6.61 Å². The van der Waals surface area contributed by atoms with Gasteiger partial charge in [0.25, 0.3) is 0 Å². The number of alkyl halides is 1. The number of ether oxygens (including phenoxy) is 6. The lowest BCUT2D eigenvalue weighted by Gasteiger charge is -2.57. The molecule has 0 unspecified atom stereocenters. The number of hydrogen-bond donors (Lipinski definition) is 1. The van der Waals surface area contributed by atoms with Crippen molar-refractivity contribution in [3.05, 3.63) is 24.3 Å². The molecule has 11 atom stereocenters. The minimum Gasteiger partial charge on any atom is -0.462 e. The summed E-state index contributed by atoms with van der Waals surface area (Å²) in [5.74, 6) is -6.06. The fourth-order valence-corrected chi connectivity index (χ4v) is 7.47. The SMILES string of the molecule is C=C1/C=C\[C@@H](OC(C)=O)[C@@]2(C)[C@@H](OC(C)=O)C[C@@H](OC(=O)CC(C)C)[C@]3(CO3)[C@@H]2[C@H](OC(C)=O)[C@]2(O)[C@@H](C)C(=O)O[C@H]2[C@H]1Cl. The van der Waals surface area contributed by atoms with Gasteiger partial charge in [-0.25, -0.2) is 0 Å². The monoisotopic (exact) mass is 640 g/mol. The predicted octanol–water partition coefficient (Wildman–Crippen LogP) is 2.56. The molecule has 0 bridgehead atoms. The van der Waals surface area contributed by atoms with E-state index in [-0.39, 0.29) is 30.9 Å². The second-order valence-electron chi connectivity index (χ2n) is 12.9. The molecule has 0 aromatic heterocycles. The van der Waals surface area contributed by atoms with Crippen LogP contribution in [0.15, 0.2) is 24.3 Å². The minimum absolute atomic E-state index is 0.0190. The van der Waals surface area contributed by atoms with Crippen molar-refractivity contribution in [2.45, 2.75) is 108 Å². The summed E-state index contributed by atoms with van der Waals surface area (Å²) in [7, 11) is 0. The normalized spacial score (nSPS) is 42.0. The van der Waals surface area contributed by atoms with Crippen molar-refractivity contribution in [3.63, 3.8) is 0 Å². The van der Waals surface area contributed by atoms with Crippen LogP contribution in [0.4, 0.5) is 0 Å². The molecule has 244 valence electrons.